The first-order valence-corrected chi connectivity index (χ1v) is 9.00. The number of ether oxygens (including phenoxy) is 1. The molecular formula is C16H20BrN5O4. The van der Waals surface area contributed by atoms with E-state index in [1.165, 1.54) is 0 Å². The van der Waals surface area contributed by atoms with Gasteiger partial charge in [-0.1, -0.05) is 0 Å². The number of halogens is 1. The molecule has 0 aliphatic carbocycles. The molecule has 140 valence electrons. The molecule has 2 aromatic heterocycles. The topological polar surface area (TPSA) is 105 Å². The lowest BCUT2D eigenvalue weighted by Crippen LogP contribution is -2.50. The molecule has 0 spiro atoms. The molecule has 0 bridgehead atoms. The Morgan fingerprint density at radius 1 is 1.35 bits per heavy atom. The summed E-state index contributed by atoms with van der Waals surface area (Å²) in [6.45, 7) is 7.24. The molecule has 0 unspecified atom stereocenters. The first kappa shape index (κ1) is 18.4. The zero-order valence-corrected chi connectivity index (χ0v) is 16.4. The number of aromatic nitrogens is 2. The summed E-state index contributed by atoms with van der Waals surface area (Å²) in [4.78, 5) is 34.1. The predicted molar refractivity (Wildman–Crippen MR) is 100 cm³/mol. The van der Waals surface area contributed by atoms with Crippen molar-refractivity contribution in [2.24, 2.45) is 0 Å². The van der Waals surface area contributed by atoms with Gasteiger partial charge in [0.1, 0.15) is 16.6 Å². The van der Waals surface area contributed by atoms with Crippen molar-refractivity contribution in [2.75, 3.05) is 31.1 Å². The van der Waals surface area contributed by atoms with E-state index in [1.807, 2.05) is 25.7 Å². The zero-order chi connectivity index (χ0) is 19.1. The molecular weight excluding hydrogens is 406 g/mol. The van der Waals surface area contributed by atoms with E-state index < -0.39 is 10.5 Å². The van der Waals surface area contributed by atoms with Gasteiger partial charge in [-0.15, -0.1) is 0 Å². The maximum absolute atomic E-state index is 12.2. The van der Waals surface area contributed by atoms with Crippen LogP contribution in [0.2, 0.25) is 0 Å². The molecule has 1 fully saturated rings. The highest BCUT2D eigenvalue weighted by Crippen LogP contribution is 2.39. The van der Waals surface area contributed by atoms with Gasteiger partial charge >= 0.3 is 11.8 Å². The van der Waals surface area contributed by atoms with Crippen molar-refractivity contribution >= 4 is 44.6 Å². The predicted octanol–water partition coefficient (Wildman–Crippen LogP) is 3.29. The third kappa shape index (κ3) is 3.59. The van der Waals surface area contributed by atoms with E-state index >= 15 is 0 Å². The fourth-order valence-corrected chi connectivity index (χ4v) is 3.39. The fraction of sp³-hybridized carbons (Fsp3) is 0.500. The lowest BCUT2D eigenvalue weighted by Gasteiger charge is -2.35. The van der Waals surface area contributed by atoms with Gasteiger partial charge in [0.05, 0.1) is 4.92 Å². The quantitative estimate of drug-likeness (QED) is 0.584. The first-order chi connectivity index (χ1) is 12.2. The average molecular weight is 426 g/mol. The number of nitrogens with zero attached hydrogens (tertiary/aromatic N) is 4. The second-order valence-corrected chi connectivity index (χ2v) is 7.90. The first-order valence-electron chi connectivity index (χ1n) is 8.21. The normalized spacial score (nSPS) is 15.4. The van der Waals surface area contributed by atoms with Gasteiger partial charge < -0.3 is 19.5 Å². The van der Waals surface area contributed by atoms with E-state index in [0.29, 0.717) is 47.5 Å². The summed E-state index contributed by atoms with van der Waals surface area (Å²) in [5, 5.41) is 12.1. The van der Waals surface area contributed by atoms with Crippen molar-refractivity contribution in [1.82, 2.24) is 14.9 Å². The molecule has 1 N–H and O–H groups in total. The van der Waals surface area contributed by atoms with E-state index in [4.69, 9.17) is 4.74 Å². The number of carbonyl (C=O) groups is 1. The molecule has 9 nitrogen and oxygen atoms in total. The molecule has 0 saturated carbocycles. The highest BCUT2D eigenvalue weighted by atomic mass is 79.9. The molecule has 26 heavy (non-hydrogen) atoms. The number of nitro groups is 1. The van der Waals surface area contributed by atoms with Crippen molar-refractivity contribution in [2.45, 2.75) is 26.4 Å². The Morgan fingerprint density at radius 2 is 2.00 bits per heavy atom. The number of carbonyl (C=O) groups excluding carboxylic acids is 1. The number of hydrogen-bond donors (Lipinski definition) is 1. The van der Waals surface area contributed by atoms with Crippen LogP contribution < -0.4 is 4.90 Å². The molecule has 0 aromatic carbocycles. The van der Waals surface area contributed by atoms with Gasteiger partial charge in [0.15, 0.2) is 5.82 Å². The number of nitrogens with one attached hydrogen (secondary N) is 1. The van der Waals surface area contributed by atoms with E-state index in [1.54, 1.807) is 17.2 Å². The van der Waals surface area contributed by atoms with Gasteiger partial charge in [0, 0.05) is 36.8 Å². The van der Waals surface area contributed by atoms with Gasteiger partial charge in [0.2, 0.25) is 0 Å². The molecule has 1 amide bonds. The van der Waals surface area contributed by atoms with E-state index in [0.717, 1.165) is 0 Å². The number of piperazine rings is 1. The van der Waals surface area contributed by atoms with Crippen LogP contribution in [0, 0.1) is 10.1 Å². The van der Waals surface area contributed by atoms with Crippen LogP contribution in [0.15, 0.2) is 16.7 Å². The number of fused-ring (bicyclic) bond motifs is 1. The molecule has 1 saturated heterocycles. The molecule has 0 radical (unpaired) electrons. The maximum atomic E-state index is 12.2. The summed E-state index contributed by atoms with van der Waals surface area (Å²) in [7, 11) is 0. The third-order valence-corrected chi connectivity index (χ3v) is 4.69. The van der Waals surface area contributed by atoms with Crippen molar-refractivity contribution in [1.29, 1.82) is 0 Å². The van der Waals surface area contributed by atoms with Gasteiger partial charge in [-0.25, -0.2) is 9.78 Å². The standard InChI is InChI=1S/C16H20BrN5O4/c1-16(2,3)26-15(23)21-8-6-20(7-9-21)14-12(22(24)25)11-10(17)4-5-18-13(11)19-14/h4-5H,6-9H2,1-3H3,(H,18,19). The number of hydrogen-bond acceptors (Lipinski definition) is 6. The highest BCUT2D eigenvalue weighted by molar-refractivity contribution is 9.10. The SMILES string of the molecule is CC(C)(C)OC(=O)N1CCN(c2[nH]c3nccc(Br)c3c2[N+](=O)[O-])CC1. The van der Waals surface area contributed by atoms with Crippen LogP contribution in [0.3, 0.4) is 0 Å². The van der Waals surface area contributed by atoms with E-state index in [-0.39, 0.29) is 11.8 Å². The average Bonchev–Trinajstić information content (AvgIpc) is 2.94. The number of H-pyrrole nitrogens is 1. The molecule has 3 heterocycles. The Labute approximate surface area is 158 Å². The molecule has 2 aromatic rings. The minimum Gasteiger partial charge on any atom is -0.444 e. The Hall–Kier alpha value is -2.36. The fourth-order valence-electron chi connectivity index (χ4n) is 2.89. The Kier molecular flexibility index (Phi) is 4.78. The zero-order valence-electron chi connectivity index (χ0n) is 14.8. The lowest BCUT2D eigenvalue weighted by atomic mass is 10.2. The van der Waals surface area contributed by atoms with Gasteiger partial charge in [0.25, 0.3) is 0 Å². The Morgan fingerprint density at radius 3 is 2.58 bits per heavy atom. The number of amides is 1. The van der Waals surface area contributed by atoms with Crippen molar-refractivity contribution in [3.63, 3.8) is 0 Å². The van der Waals surface area contributed by atoms with Gasteiger partial charge in [-0.2, -0.15) is 0 Å². The number of pyridine rings is 1. The van der Waals surface area contributed by atoms with E-state index in [2.05, 4.69) is 25.9 Å². The van der Waals surface area contributed by atoms with Crippen molar-refractivity contribution < 1.29 is 14.5 Å². The third-order valence-electron chi connectivity index (χ3n) is 4.03. The largest absolute Gasteiger partial charge is 0.444 e. The second-order valence-electron chi connectivity index (χ2n) is 7.05. The van der Waals surface area contributed by atoms with Crippen LogP contribution >= 0.6 is 15.9 Å². The lowest BCUT2D eigenvalue weighted by molar-refractivity contribution is -0.382. The Bertz CT molecular complexity index is 852. The summed E-state index contributed by atoms with van der Waals surface area (Å²) in [6, 6.07) is 1.67. The highest BCUT2D eigenvalue weighted by Gasteiger charge is 2.32. The molecule has 10 heteroatoms. The van der Waals surface area contributed by atoms with Crippen LogP contribution in [0.4, 0.5) is 16.3 Å². The van der Waals surface area contributed by atoms with Crippen molar-refractivity contribution in [3.05, 3.63) is 26.9 Å². The Balaban J connectivity index is 1.82. The van der Waals surface area contributed by atoms with Gasteiger partial charge in [-0.05, 0) is 42.8 Å². The maximum Gasteiger partial charge on any atom is 0.410 e. The summed E-state index contributed by atoms with van der Waals surface area (Å²) in [6.07, 6.45) is 1.21. The number of anilines is 1. The summed E-state index contributed by atoms with van der Waals surface area (Å²) in [5.74, 6) is 0.410. The summed E-state index contributed by atoms with van der Waals surface area (Å²) >= 11 is 3.36. The van der Waals surface area contributed by atoms with E-state index in [9.17, 15) is 14.9 Å². The minimum absolute atomic E-state index is 0.00862. The summed E-state index contributed by atoms with van der Waals surface area (Å²) in [5.41, 5.74) is -0.108. The molecule has 1 aliphatic rings. The van der Waals surface area contributed by atoms with Crippen LogP contribution in [-0.2, 0) is 4.74 Å². The van der Waals surface area contributed by atoms with Gasteiger partial charge in [-0.3, -0.25) is 10.1 Å². The number of rotatable bonds is 2. The number of aromatic amines is 1. The van der Waals surface area contributed by atoms with Crippen LogP contribution in [0.25, 0.3) is 11.0 Å². The second kappa shape index (κ2) is 6.75. The van der Waals surface area contributed by atoms with Crippen LogP contribution in [0.5, 0.6) is 0 Å². The monoisotopic (exact) mass is 425 g/mol. The minimum atomic E-state index is -0.553. The molecule has 3 rings (SSSR count). The molecule has 1 aliphatic heterocycles. The smallest absolute Gasteiger partial charge is 0.410 e. The molecule has 0 atom stereocenters. The van der Waals surface area contributed by atoms with Crippen molar-refractivity contribution in [3.8, 4) is 0 Å². The van der Waals surface area contributed by atoms with Crippen LogP contribution in [-0.4, -0.2) is 57.7 Å². The summed E-state index contributed by atoms with van der Waals surface area (Å²) < 4.78 is 5.99. The van der Waals surface area contributed by atoms with Crippen LogP contribution in [0.1, 0.15) is 20.8 Å².